The Morgan fingerprint density at radius 1 is 1.18 bits per heavy atom. The largest absolute Gasteiger partial charge is 0.491 e. The second-order valence-electron chi connectivity index (χ2n) is 6.53. The summed E-state index contributed by atoms with van der Waals surface area (Å²) < 4.78 is 10.8. The summed E-state index contributed by atoms with van der Waals surface area (Å²) in [6, 6.07) is 14.3. The van der Waals surface area contributed by atoms with Gasteiger partial charge in [-0.1, -0.05) is 29.8 Å². The third kappa shape index (κ3) is 4.68. The number of para-hydroxylation sites is 2. The van der Waals surface area contributed by atoms with Gasteiger partial charge in [-0.05, 0) is 38.1 Å². The minimum Gasteiger partial charge on any atom is -0.491 e. The lowest BCUT2D eigenvalue weighted by molar-refractivity contribution is -0.152. The highest BCUT2D eigenvalue weighted by atomic mass is 16.5. The molecule has 7 nitrogen and oxygen atoms in total. The van der Waals surface area contributed by atoms with Crippen molar-refractivity contribution in [2.24, 2.45) is 0 Å². The third-order valence-corrected chi connectivity index (χ3v) is 4.31. The second-order valence-corrected chi connectivity index (χ2v) is 6.53. The number of nitrogens with zero attached hydrogens (tertiary/aromatic N) is 1. The highest BCUT2D eigenvalue weighted by Gasteiger charge is 2.27. The summed E-state index contributed by atoms with van der Waals surface area (Å²) in [6.07, 6.45) is -0.840. The van der Waals surface area contributed by atoms with Crippen molar-refractivity contribution in [2.45, 2.75) is 26.4 Å². The normalized spacial score (nSPS) is 14.4. The number of rotatable bonds is 5. The van der Waals surface area contributed by atoms with Crippen LogP contribution >= 0.6 is 0 Å². The zero-order chi connectivity index (χ0) is 20.1. The maximum atomic E-state index is 12.4. The molecule has 146 valence electrons. The molecule has 0 spiro atoms. The van der Waals surface area contributed by atoms with E-state index in [9.17, 15) is 14.4 Å². The molecule has 0 saturated heterocycles. The van der Waals surface area contributed by atoms with Crippen molar-refractivity contribution in [3.05, 3.63) is 54.1 Å². The van der Waals surface area contributed by atoms with Gasteiger partial charge in [-0.3, -0.25) is 19.3 Å². The Bertz CT molecular complexity index is 879. The van der Waals surface area contributed by atoms with Crippen LogP contribution in [0.1, 0.15) is 18.9 Å². The van der Waals surface area contributed by atoms with Gasteiger partial charge in [-0.15, -0.1) is 0 Å². The Balaban J connectivity index is 1.62. The van der Waals surface area contributed by atoms with E-state index in [1.165, 1.54) is 11.8 Å². The van der Waals surface area contributed by atoms with E-state index in [4.69, 9.17) is 9.47 Å². The first kappa shape index (κ1) is 19.4. The van der Waals surface area contributed by atoms with E-state index in [1.54, 1.807) is 36.4 Å². The molecule has 3 rings (SSSR count). The van der Waals surface area contributed by atoms with Crippen LogP contribution in [0.15, 0.2) is 48.5 Å². The fourth-order valence-electron chi connectivity index (χ4n) is 2.79. The average molecular weight is 382 g/mol. The van der Waals surface area contributed by atoms with E-state index in [0.29, 0.717) is 17.1 Å². The maximum absolute atomic E-state index is 12.4. The first-order valence-corrected chi connectivity index (χ1v) is 9.03. The van der Waals surface area contributed by atoms with Crippen LogP contribution in [0, 0.1) is 6.92 Å². The number of ether oxygens (including phenoxy) is 2. The van der Waals surface area contributed by atoms with Crippen molar-refractivity contribution in [1.29, 1.82) is 0 Å². The fourth-order valence-corrected chi connectivity index (χ4v) is 2.79. The Morgan fingerprint density at radius 3 is 2.64 bits per heavy atom. The number of esters is 1. The SMILES string of the molecule is Cc1ccc(NC(=O)[C@H](C)OC(=O)CN2C(=O)CCOc3ccccc32)cc1. The molecular weight excluding hydrogens is 360 g/mol. The summed E-state index contributed by atoms with van der Waals surface area (Å²) in [7, 11) is 0. The van der Waals surface area contributed by atoms with Gasteiger partial charge in [0.2, 0.25) is 5.91 Å². The molecule has 0 saturated carbocycles. The Labute approximate surface area is 163 Å². The molecule has 2 aromatic rings. The molecule has 7 heteroatoms. The lowest BCUT2D eigenvalue weighted by Crippen LogP contribution is -2.39. The number of nitrogens with one attached hydrogen (secondary N) is 1. The second kappa shape index (κ2) is 8.56. The molecule has 0 aliphatic carbocycles. The lowest BCUT2D eigenvalue weighted by atomic mass is 10.2. The first-order chi connectivity index (χ1) is 13.4. The number of amides is 2. The molecule has 2 aromatic carbocycles. The van der Waals surface area contributed by atoms with Crippen LogP contribution in [0.4, 0.5) is 11.4 Å². The average Bonchev–Trinajstić information content (AvgIpc) is 2.83. The van der Waals surface area contributed by atoms with Crippen LogP contribution in [0.25, 0.3) is 0 Å². The van der Waals surface area contributed by atoms with Gasteiger partial charge in [-0.2, -0.15) is 0 Å². The van der Waals surface area contributed by atoms with Gasteiger partial charge in [0.25, 0.3) is 5.91 Å². The number of carbonyl (C=O) groups excluding carboxylic acids is 3. The Hall–Kier alpha value is -3.35. The summed E-state index contributed by atoms with van der Waals surface area (Å²) in [5.74, 6) is -0.815. The van der Waals surface area contributed by atoms with Crippen molar-refractivity contribution in [3.8, 4) is 5.75 Å². The summed E-state index contributed by atoms with van der Waals surface area (Å²) in [5, 5.41) is 2.70. The van der Waals surface area contributed by atoms with Crippen molar-refractivity contribution >= 4 is 29.2 Å². The van der Waals surface area contributed by atoms with Crippen molar-refractivity contribution in [2.75, 3.05) is 23.4 Å². The van der Waals surface area contributed by atoms with E-state index >= 15 is 0 Å². The topological polar surface area (TPSA) is 84.9 Å². The van der Waals surface area contributed by atoms with Crippen LogP contribution in [0.3, 0.4) is 0 Å². The Kier molecular flexibility index (Phi) is 5.93. The summed E-state index contributed by atoms with van der Waals surface area (Å²) in [5.41, 5.74) is 2.20. The highest BCUT2D eigenvalue weighted by molar-refractivity contribution is 6.00. The molecular formula is C21H22N2O5. The van der Waals surface area contributed by atoms with Gasteiger partial charge in [0.05, 0.1) is 18.7 Å². The van der Waals surface area contributed by atoms with Crippen molar-refractivity contribution in [1.82, 2.24) is 0 Å². The molecule has 2 amide bonds. The van der Waals surface area contributed by atoms with Gasteiger partial charge in [0.1, 0.15) is 12.3 Å². The number of anilines is 2. The first-order valence-electron chi connectivity index (χ1n) is 9.03. The van der Waals surface area contributed by atoms with E-state index < -0.39 is 18.0 Å². The molecule has 0 aromatic heterocycles. The highest BCUT2D eigenvalue weighted by Crippen LogP contribution is 2.30. The zero-order valence-electron chi connectivity index (χ0n) is 15.8. The van der Waals surface area contributed by atoms with E-state index in [2.05, 4.69) is 5.32 Å². The number of hydrogen-bond donors (Lipinski definition) is 1. The van der Waals surface area contributed by atoms with E-state index in [0.717, 1.165) is 5.56 Å². The Morgan fingerprint density at radius 2 is 1.89 bits per heavy atom. The minimum absolute atomic E-state index is 0.158. The summed E-state index contributed by atoms with van der Waals surface area (Å²) >= 11 is 0. The molecule has 0 radical (unpaired) electrons. The predicted octanol–water partition coefficient (Wildman–Crippen LogP) is 2.68. The number of aryl methyl sites for hydroxylation is 1. The van der Waals surface area contributed by atoms with Crippen LogP contribution in [-0.2, 0) is 19.1 Å². The van der Waals surface area contributed by atoms with Gasteiger partial charge in [0, 0.05) is 5.69 Å². The van der Waals surface area contributed by atoms with Crippen molar-refractivity contribution < 1.29 is 23.9 Å². The molecule has 1 atom stereocenters. The molecule has 1 aliphatic heterocycles. The third-order valence-electron chi connectivity index (χ3n) is 4.31. The standard InChI is InChI=1S/C21H22N2O5/c1-14-7-9-16(10-8-14)22-21(26)15(2)28-20(25)13-23-17-5-3-4-6-18(17)27-12-11-19(23)24/h3-10,15H,11-13H2,1-2H3,(H,22,26)/t15-/m0/s1. The van der Waals surface area contributed by atoms with E-state index in [1.807, 2.05) is 19.1 Å². The molecule has 0 bridgehead atoms. The fraction of sp³-hybridized carbons (Fsp3) is 0.286. The molecule has 1 aliphatic rings. The number of fused-ring (bicyclic) bond motifs is 1. The van der Waals surface area contributed by atoms with Crippen molar-refractivity contribution in [3.63, 3.8) is 0 Å². The molecule has 1 heterocycles. The maximum Gasteiger partial charge on any atom is 0.326 e. The van der Waals surface area contributed by atoms with Gasteiger partial charge in [0.15, 0.2) is 6.10 Å². The van der Waals surface area contributed by atoms with Crippen LogP contribution in [-0.4, -0.2) is 37.0 Å². The van der Waals surface area contributed by atoms with Crippen LogP contribution < -0.4 is 15.0 Å². The molecule has 0 unspecified atom stereocenters. The lowest BCUT2D eigenvalue weighted by Gasteiger charge is -2.22. The van der Waals surface area contributed by atoms with Gasteiger partial charge < -0.3 is 14.8 Å². The monoisotopic (exact) mass is 382 g/mol. The molecule has 1 N–H and O–H groups in total. The number of carbonyl (C=O) groups is 3. The number of hydrogen-bond acceptors (Lipinski definition) is 5. The minimum atomic E-state index is -0.998. The molecule has 0 fully saturated rings. The van der Waals surface area contributed by atoms with Gasteiger partial charge >= 0.3 is 5.97 Å². The summed E-state index contributed by atoms with van der Waals surface area (Å²) in [6.45, 7) is 3.39. The van der Waals surface area contributed by atoms with Crippen LogP contribution in [0.2, 0.25) is 0 Å². The summed E-state index contributed by atoms with van der Waals surface area (Å²) in [4.78, 5) is 38.3. The molecule has 28 heavy (non-hydrogen) atoms. The van der Waals surface area contributed by atoms with Gasteiger partial charge in [-0.25, -0.2) is 0 Å². The smallest absolute Gasteiger partial charge is 0.326 e. The predicted molar refractivity (Wildman–Crippen MR) is 104 cm³/mol. The quantitative estimate of drug-likeness (QED) is 0.804. The number of benzene rings is 2. The zero-order valence-corrected chi connectivity index (χ0v) is 15.8. The van der Waals surface area contributed by atoms with Crippen LogP contribution in [0.5, 0.6) is 5.75 Å². The van der Waals surface area contributed by atoms with E-state index in [-0.39, 0.29) is 25.5 Å².